The summed E-state index contributed by atoms with van der Waals surface area (Å²) in [5, 5.41) is 8.86. The fourth-order valence-electron chi connectivity index (χ4n) is 1.45. The fraction of sp³-hybridized carbons (Fsp3) is 0.636. The number of carbonyl (C=O) groups is 1. The van der Waals surface area contributed by atoms with E-state index in [0.717, 1.165) is 0 Å². The summed E-state index contributed by atoms with van der Waals surface area (Å²) in [6, 6.07) is 0. The first-order valence-electron chi connectivity index (χ1n) is 5.47. The van der Waals surface area contributed by atoms with Gasteiger partial charge in [0.25, 0.3) is 0 Å². The molecule has 1 rings (SSSR count). The van der Waals surface area contributed by atoms with Crippen LogP contribution in [0, 0.1) is 5.92 Å². The summed E-state index contributed by atoms with van der Waals surface area (Å²) >= 11 is 0. The molecule has 0 aliphatic heterocycles. The van der Waals surface area contributed by atoms with E-state index >= 15 is 0 Å². The molecule has 0 saturated carbocycles. The van der Waals surface area contributed by atoms with Crippen LogP contribution in [0.3, 0.4) is 0 Å². The van der Waals surface area contributed by atoms with Crippen LogP contribution in [-0.2, 0) is 12.8 Å². The maximum absolute atomic E-state index is 12.0. The summed E-state index contributed by atoms with van der Waals surface area (Å²) in [6.45, 7) is 3.71. The number of aromatic nitrogens is 1. The van der Waals surface area contributed by atoms with Crippen LogP contribution in [0.1, 0.15) is 42.4 Å². The van der Waals surface area contributed by atoms with Gasteiger partial charge < -0.3 is 9.52 Å². The van der Waals surface area contributed by atoms with Crippen molar-refractivity contribution in [3.05, 3.63) is 17.3 Å². The quantitative estimate of drug-likeness (QED) is 0.888. The summed E-state index contributed by atoms with van der Waals surface area (Å²) in [5.74, 6) is -1.71. The van der Waals surface area contributed by atoms with E-state index in [1.165, 1.54) is 0 Å². The standard InChI is InChI=1S/C11H14F3NO3/c1-6(2)5-7-9(10(16)17)18-8(15-7)3-4-11(12,13)14/h6H,3-5H2,1-2H3,(H,16,17). The summed E-state index contributed by atoms with van der Waals surface area (Å²) < 4.78 is 41.0. The number of alkyl halides is 3. The fourth-order valence-corrected chi connectivity index (χ4v) is 1.45. The number of aryl methyl sites for hydroxylation is 1. The first kappa shape index (κ1) is 14.5. The molecule has 0 unspecified atom stereocenters. The number of nitrogens with zero attached hydrogens (tertiary/aromatic N) is 1. The van der Waals surface area contributed by atoms with Gasteiger partial charge in [-0.2, -0.15) is 13.2 Å². The minimum atomic E-state index is -4.31. The Labute approximate surface area is 102 Å². The van der Waals surface area contributed by atoms with Gasteiger partial charge in [0.1, 0.15) is 0 Å². The second-order valence-corrected chi connectivity index (χ2v) is 4.40. The van der Waals surface area contributed by atoms with E-state index in [1.54, 1.807) is 0 Å². The summed E-state index contributed by atoms with van der Waals surface area (Å²) in [5.41, 5.74) is 0.203. The first-order valence-corrected chi connectivity index (χ1v) is 5.47. The predicted octanol–water partition coefficient (Wildman–Crippen LogP) is 3.07. The average molecular weight is 265 g/mol. The van der Waals surface area contributed by atoms with Crippen LogP contribution >= 0.6 is 0 Å². The minimum Gasteiger partial charge on any atom is -0.475 e. The van der Waals surface area contributed by atoms with Crippen LogP contribution in [-0.4, -0.2) is 22.2 Å². The Morgan fingerprint density at radius 3 is 2.50 bits per heavy atom. The second-order valence-electron chi connectivity index (χ2n) is 4.40. The van der Waals surface area contributed by atoms with E-state index in [2.05, 4.69) is 4.98 Å². The number of oxazole rings is 1. The zero-order chi connectivity index (χ0) is 13.9. The second kappa shape index (κ2) is 5.41. The van der Waals surface area contributed by atoms with Gasteiger partial charge in [-0.15, -0.1) is 0 Å². The Morgan fingerprint density at radius 2 is 2.06 bits per heavy atom. The van der Waals surface area contributed by atoms with Gasteiger partial charge in [-0.3, -0.25) is 0 Å². The molecule has 0 aliphatic rings. The molecule has 1 aromatic heterocycles. The molecule has 4 nitrogen and oxygen atoms in total. The number of hydrogen-bond acceptors (Lipinski definition) is 3. The molecule has 0 atom stereocenters. The molecule has 0 spiro atoms. The Bertz CT molecular complexity index is 424. The van der Waals surface area contributed by atoms with Crippen LogP contribution in [0.5, 0.6) is 0 Å². The maximum Gasteiger partial charge on any atom is 0.389 e. The number of carboxylic acid groups (broad SMARTS) is 1. The Kier molecular flexibility index (Phi) is 4.37. The monoisotopic (exact) mass is 265 g/mol. The molecular formula is C11H14F3NO3. The van der Waals surface area contributed by atoms with Crippen molar-refractivity contribution < 1.29 is 27.5 Å². The molecule has 0 radical (unpaired) electrons. The van der Waals surface area contributed by atoms with E-state index < -0.39 is 25.0 Å². The van der Waals surface area contributed by atoms with Crippen molar-refractivity contribution in [1.82, 2.24) is 4.98 Å². The number of halogens is 3. The smallest absolute Gasteiger partial charge is 0.389 e. The van der Waals surface area contributed by atoms with Crippen molar-refractivity contribution in [3.8, 4) is 0 Å². The van der Waals surface area contributed by atoms with Gasteiger partial charge in [-0.25, -0.2) is 9.78 Å². The van der Waals surface area contributed by atoms with Gasteiger partial charge >= 0.3 is 12.1 Å². The Hall–Kier alpha value is -1.53. The number of rotatable bonds is 5. The normalized spacial score (nSPS) is 12.1. The van der Waals surface area contributed by atoms with Gasteiger partial charge in [0.05, 0.1) is 12.1 Å². The molecule has 0 aliphatic carbocycles. The van der Waals surface area contributed by atoms with E-state index in [9.17, 15) is 18.0 Å². The largest absolute Gasteiger partial charge is 0.475 e. The summed E-state index contributed by atoms with van der Waals surface area (Å²) in [4.78, 5) is 14.7. The molecule has 7 heteroatoms. The van der Waals surface area contributed by atoms with Crippen LogP contribution in [0.4, 0.5) is 13.2 Å². The van der Waals surface area contributed by atoms with E-state index in [1.807, 2.05) is 13.8 Å². The highest BCUT2D eigenvalue weighted by Crippen LogP contribution is 2.23. The molecule has 0 bridgehead atoms. The van der Waals surface area contributed by atoms with Crippen LogP contribution in [0.15, 0.2) is 4.42 Å². The average Bonchev–Trinajstić information content (AvgIpc) is 2.56. The number of carboxylic acids is 1. The van der Waals surface area contributed by atoms with Crippen molar-refractivity contribution in [1.29, 1.82) is 0 Å². The molecule has 0 amide bonds. The molecule has 18 heavy (non-hydrogen) atoms. The van der Waals surface area contributed by atoms with Gasteiger partial charge in [0.15, 0.2) is 5.89 Å². The van der Waals surface area contributed by atoms with Gasteiger partial charge in [0, 0.05) is 6.42 Å². The molecule has 0 fully saturated rings. The van der Waals surface area contributed by atoms with Gasteiger partial charge in [-0.1, -0.05) is 13.8 Å². The van der Waals surface area contributed by atoms with E-state index in [0.29, 0.717) is 6.42 Å². The number of aromatic carboxylic acids is 1. The lowest BCUT2D eigenvalue weighted by Gasteiger charge is -2.02. The summed E-state index contributed by atoms with van der Waals surface area (Å²) in [7, 11) is 0. The lowest BCUT2D eigenvalue weighted by atomic mass is 10.1. The Balaban J connectivity index is 2.85. The van der Waals surface area contributed by atoms with E-state index in [-0.39, 0.29) is 23.3 Å². The highest BCUT2D eigenvalue weighted by Gasteiger charge is 2.29. The highest BCUT2D eigenvalue weighted by atomic mass is 19.4. The molecule has 1 aromatic rings. The third-order valence-corrected chi connectivity index (χ3v) is 2.16. The SMILES string of the molecule is CC(C)Cc1nc(CCC(F)(F)F)oc1C(=O)O. The highest BCUT2D eigenvalue weighted by molar-refractivity contribution is 5.85. The van der Waals surface area contributed by atoms with Crippen LogP contribution in [0.25, 0.3) is 0 Å². The van der Waals surface area contributed by atoms with Crippen LogP contribution < -0.4 is 0 Å². The molecule has 102 valence electrons. The van der Waals surface area contributed by atoms with Crippen molar-refractivity contribution in [2.24, 2.45) is 5.92 Å². The van der Waals surface area contributed by atoms with Crippen molar-refractivity contribution in [2.75, 3.05) is 0 Å². The molecule has 1 N–H and O–H groups in total. The minimum absolute atomic E-state index is 0.142. The molecule has 0 saturated heterocycles. The lowest BCUT2D eigenvalue weighted by molar-refractivity contribution is -0.134. The van der Waals surface area contributed by atoms with E-state index in [4.69, 9.17) is 9.52 Å². The van der Waals surface area contributed by atoms with Crippen molar-refractivity contribution in [2.45, 2.75) is 39.3 Å². The Morgan fingerprint density at radius 1 is 1.44 bits per heavy atom. The maximum atomic E-state index is 12.0. The van der Waals surface area contributed by atoms with Crippen molar-refractivity contribution in [3.63, 3.8) is 0 Å². The van der Waals surface area contributed by atoms with Gasteiger partial charge in [-0.05, 0) is 12.3 Å². The molecule has 1 heterocycles. The zero-order valence-electron chi connectivity index (χ0n) is 10.0. The van der Waals surface area contributed by atoms with Gasteiger partial charge in [0.2, 0.25) is 5.76 Å². The van der Waals surface area contributed by atoms with Crippen molar-refractivity contribution >= 4 is 5.97 Å². The molecular weight excluding hydrogens is 251 g/mol. The number of hydrogen-bond donors (Lipinski definition) is 1. The predicted molar refractivity (Wildman–Crippen MR) is 56.4 cm³/mol. The molecule has 0 aromatic carbocycles. The zero-order valence-corrected chi connectivity index (χ0v) is 10.0. The topological polar surface area (TPSA) is 63.3 Å². The summed E-state index contributed by atoms with van der Waals surface area (Å²) in [6.07, 6.45) is -5.47. The van der Waals surface area contributed by atoms with Crippen LogP contribution in [0.2, 0.25) is 0 Å². The third kappa shape index (κ3) is 4.38. The lowest BCUT2D eigenvalue weighted by Crippen LogP contribution is -2.08. The first-order chi connectivity index (χ1) is 8.19. The third-order valence-electron chi connectivity index (χ3n) is 2.16.